The second-order valence-electron chi connectivity index (χ2n) is 2.15. The van der Waals surface area contributed by atoms with Crippen LogP contribution in [0.15, 0.2) is 12.1 Å². The van der Waals surface area contributed by atoms with Crippen molar-refractivity contribution in [1.82, 2.24) is 0 Å². The molecule has 1 nitrogen and oxygen atoms in total. The van der Waals surface area contributed by atoms with Gasteiger partial charge < -0.3 is 5.73 Å². The first kappa shape index (κ1) is 9.19. The van der Waals surface area contributed by atoms with E-state index in [0.29, 0.717) is 0 Å². The maximum Gasteiger partial charge on any atom is 0.417 e. The van der Waals surface area contributed by atoms with Gasteiger partial charge in [0.25, 0.3) is 0 Å². The lowest BCUT2D eigenvalue weighted by Crippen LogP contribution is -2.06. The van der Waals surface area contributed by atoms with Crippen LogP contribution in [0.5, 0.6) is 0 Å². The van der Waals surface area contributed by atoms with Crippen molar-refractivity contribution in [3.8, 4) is 0 Å². The summed E-state index contributed by atoms with van der Waals surface area (Å²) in [6.07, 6.45) is -4.46. The van der Waals surface area contributed by atoms with E-state index in [1.54, 1.807) is 0 Å². The Morgan fingerprint density at radius 1 is 1.42 bits per heavy atom. The molecule has 1 aromatic carbocycles. The molecule has 0 aromatic heterocycles. The summed E-state index contributed by atoms with van der Waals surface area (Å²) in [7, 11) is 0. The number of nitrogens with two attached hydrogens (primary N) is 1. The zero-order chi connectivity index (χ0) is 9.35. The largest absolute Gasteiger partial charge is 0.417 e. The van der Waals surface area contributed by atoms with Crippen LogP contribution in [0.3, 0.4) is 0 Å². The van der Waals surface area contributed by atoms with Crippen molar-refractivity contribution in [1.29, 1.82) is 0 Å². The Labute approximate surface area is 71.9 Å². The predicted molar refractivity (Wildman–Crippen MR) is 39.7 cm³/mol. The second-order valence-corrected chi connectivity index (χ2v) is 2.55. The van der Waals surface area contributed by atoms with Gasteiger partial charge in [0.15, 0.2) is 0 Å². The summed E-state index contributed by atoms with van der Waals surface area (Å²) >= 11 is 5.27. The third kappa shape index (κ3) is 1.82. The first-order valence-corrected chi connectivity index (χ1v) is 3.33. The summed E-state index contributed by atoms with van der Waals surface area (Å²) in [5.41, 5.74) is 4.10. The second kappa shape index (κ2) is 2.86. The number of hydrogen-bond acceptors (Lipinski definition) is 1. The maximum atomic E-state index is 12.1. The first-order valence-electron chi connectivity index (χ1n) is 2.95. The van der Waals surface area contributed by atoms with Crippen LogP contribution >= 0.6 is 11.6 Å². The SMILES string of the molecule is Nc1[c]cc(Cl)c(C(F)(F)F)c1. The van der Waals surface area contributed by atoms with Crippen LogP contribution in [0, 0.1) is 6.07 Å². The van der Waals surface area contributed by atoms with Gasteiger partial charge >= 0.3 is 6.18 Å². The minimum atomic E-state index is -4.46. The lowest BCUT2D eigenvalue weighted by atomic mass is 10.2. The van der Waals surface area contributed by atoms with Gasteiger partial charge in [-0.25, -0.2) is 0 Å². The van der Waals surface area contributed by atoms with E-state index in [1.807, 2.05) is 0 Å². The molecule has 1 radical (unpaired) electrons. The first-order chi connectivity index (χ1) is 5.41. The molecule has 0 aliphatic carbocycles. The maximum absolute atomic E-state index is 12.1. The fourth-order valence-corrected chi connectivity index (χ4v) is 0.924. The zero-order valence-electron chi connectivity index (χ0n) is 5.74. The van der Waals surface area contributed by atoms with E-state index in [-0.39, 0.29) is 5.69 Å². The third-order valence-electron chi connectivity index (χ3n) is 1.23. The molecule has 1 rings (SSSR count). The lowest BCUT2D eigenvalue weighted by molar-refractivity contribution is -0.137. The van der Waals surface area contributed by atoms with Gasteiger partial charge in [-0.1, -0.05) is 11.6 Å². The van der Waals surface area contributed by atoms with Crippen LogP contribution in [-0.2, 0) is 6.18 Å². The van der Waals surface area contributed by atoms with Gasteiger partial charge in [-0.05, 0) is 12.1 Å². The Kier molecular flexibility index (Phi) is 2.19. The quantitative estimate of drug-likeness (QED) is 0.632. The highest BCUT2D eigenvalue weighted by Gasteiger charge is 2.33. The number of hydrogen-bond donors (Lipinski definition) is 1. The highest BCUT2D eigenvalue weighted by molar-refractivity contribution is 6.31. The molecular formula is C7H4ClF3N. The van der Waals surface area contributed by atoms with Gasteiger partial charge in [0, 0.05) is 11.8 Å². The van der Waals surface area contributed by atoms with E-state index >= 15 is 0 Å². The lowest BCUT2D eigenvalue weighted by Gasteiger charge is -2.08. The van der Waals surface area contributed by atoms with Gasteiger partial charge in [0.1, 0.15) is 0 Å². The van der Waals surface area contributed by atoms with E-state index in [2.05, 4.69) is 6.07 Å². The van der Waals surface area contributed by atoms with Gasteiger partial charge in [-0.15, -0.1) is 0 Å². The zero-order valence-corrected chi connectivity index (χ0v) is 6.50. The van der Waals surface area contributed by atoms with E-state index in [1.165, 1.54) is 0 Å². The van der Waals surface area contributed by atoms with Crippen LogP contribution in [0.2, 0.25) is 5.02 Å². The number of halogens is 4. The minimum absolute atomic E-state index is 0.0771. The van der Waals surface area contributed by atoms with Crippen molar-refractivity contribution in [3.63, 3.8) is 0 Å². The number of anilines is 1. The molecule has 0 fully saturated rings. The number of nitrogen functional groups attached to an aromatic ring is 1. The highest BCUT2D eigenvalue weighted by Crippen LogP contribution is 2.35. The summed E-state index contributed by atoms with van der Waals surface area (Å²) in [5.74, 6) is 0. The molecule has 0 aliphatic heterocycles. The number of alkyl halides is 3. The minimum Gasteiger partial charge on any atom is -0.398 e. The third-order valence-corrected chi connectivity index (χ3v) is 1.54. The average molecular weight is 195 g/mol. The molecule has 12 heavy (non-hydrogen) atoms. The van der Waals surface area contributed by atoms with Crippen LogP contribution in [0.1, 0.15) is 5.56 Å². The van der Waals surface area contributed by atoms with Gasteiger partial charge in [-0.2, -0.15) is 13.2 Å². The molecule has 1 aromatic rings. The Morgan fingerprint density at radius 2 is 2.00 bits per heavy atom. The van der Waals surface area contributed by atoms with Crippen LogP contribution in [-0.4, -0.2) is 0 Å². The Morgan fingerprint density at radius 3 is 2.42 bits per heavy atom. The molecule has 0 amide bonds. The smallest absolute Gasteiger partial charge is 0.398 e. The molecule has 0 atom stereocenters. The molecule has 0 saturated carbocycles. The molecule has 2 N–H and O–H groups in total. The molecule has 0 heterocycles. The molecule has 0 unspecified atom stereocenters. The predicted octanol–water partition coefficient (Wildman–Crippen LogP) is 2.74. The number of rotatable bonds is 0. The van der Waals surface area contributed by atoms with Crippen LogP contribution in [0.25, 0.3) is 0 Å². The Balaban J connectivity index is 3.23. The normalized spacial score (nSPS) is 11.7. The molecule has 0 spiro atoms. The van der Waals surface area contributed by atoms with Crippen molar-refractivity contribution in [3.05, 3.63) is 28.8 Å². The van der Waals surface area contributed by atoms with E-state index in [0.717, 1.165) is 12.1 Å². The average Bonchev–Trinajstić information content (AvgIpc) is 1.92. The van der Waals surface area contributed by atoms with Gasteiger partial charge in [-0.3, -0.25) is 0 Å². The van der Waals surface area contributed by atoms with Gasteiger partial charge in [0.05, 0.1) is 10.6 Å². The van der Waals surface area contributed by atoms with Crippen molar-refractivity contribution >= 4 is 17.3 Å². The van der Waals surface area contributed by atoms with Crippen molar-refractivity contribution in [2.24, 2.45) is 0 Å². The number of benzene rings is 1. The standard InChI is InChI=1S/C7H4ClF3N/c8-6-2-1-4(12)3-5(6)7(9,10)11/h2-3H,12H2. The monoisotopic (exact) mass is 194 g/mol. The Hall–Kier alpha value is -0.900. The fourth-order valence-electron chi connectivity index (χ4n) is 0.708. The molecule has 0 bridgehead atoms. The summed E-state index contributed by atoms with van der Waals surface area (Å²) < 4.78 is 36.2. The van der Waals surface area contributed by atoms with Crippen molar-refractivity contribution in [2.75, 3.05) is 5.73 Å². The molecular weight excluding hydrogens is 191 g/mol. The summed E-state index contributed by atoms with van der Waals surface area (Å²) in [6, 6.07) is 4.11. The van der Waals surface area contributed by atoms with Crippen molar-refractivity contribution < 1.29 is 13.2 Å². The summed E-state index contributed by atoms with van der Waals surface area (Å²) in [5, 5.41) is -0.392. The van der Waals surface area contributed by atoms with Crippen LogP contribution < -0.4 is 5.73 Å². The molecule has 0 saturated heterocycles. The van der Waals surface area contributed by atoms with Gasteiger partial charge in [0.2, 0.25) is 0 Å². The highest BCUT2D eigenvalue weighted by atomic mass is 35.5. The molecule has 5 heteroatoms. The summed E-state index contributed by atoms with van der Waals surface area (Å²) in [6.45, 7) is 0. The van der Waals surface area contributed by atoms with E-state index in [4.69, 9.17) is 17.3 Å². The topological polar surface area (TPSA) is 26.0 Å². The van der Waals surface area contributed by atoms with Crippen molar-refractivity contribution in [2.45, 2.75) is 6.18 Å². The van der Waals surface area contributed by atoms with Crippen LogP contribution in [0.4, 0.5) is 18.9 Å². The molecule has 0 aliphatic rings. The van der Waals surface area contributed by atoms with E-state index in [9.17, 15) is 13.2 Å². The summed E-state index contributed by atoms with van der Waals surface area (Å²) in [4.78, 5) is 0. The van der Waals surface area contributed by atoms with E-state index < -0.39 is 16.8 Å². The Bertz CT molecular complexity index is 295. The molecule has 65 valence electrons. The fraction of sp³-hybridized carbons (Fsp3) is 0.143.